The molecule has 0 saturated carbocycles. The van der Waals surface area contributed by atoms with Crippen LogP contribution in [0.5, 0.6) is 0 Å². The van der Waals surface area contributed by atoms with Crippen molar-refractivity contribution in [2.45, 2.75) is 0 Å². The van der Waals surface area contributed by atoms with Crippen LogP contribution >= 0.6 is 0 Å². The fraction of sp³-hybridized carbons (Fsp3) is 0. The normalized spacial score (nSPS) is 11.5. The van der Waals surface area contributed by atoms with Gasteiger partial charge in [0.2, 0.25) is 0 Å². The molecule has 0 fully saturated rings. The molecule has 11 rings (SSSR count). The summed E-state index contributed by atoms with van der Waals surface area (Å²) in [5.41, 5.74) is 14.9. The van der Waals surface area contributed by atoms with Gasteiger partial charge >= 0.3 is 0 Å². The molecule has 0 bridgehead atoms. The van der Waals surface area contributed by atoms with E-state index < -0.39 is 0 Å². The Morgan fingerprint density at radius 3 is 1.37 bits per heavy atom. The molecule has 0 atom stereocenters. The van der Waals surface area contributed by atoms with Crippen molar-refractivity contribution in [3.8, 4) is 33.6 Å². The lowest BCUT2D eigenvalue weighted by molar-refractivity contribution is 1.18. The maximum Gasteiger partial charge on any atom is 0.0561 e. The number of aromatic nitrogens is 2. The second-order valence-electron chi connectivity index (χ2n) is 14.6. The highest BCUT2D eigenvalue weighted by Crippen LogP contribution is 2.46. The Labute approximate surface area is 331 Å². The molecule has 57 heavy (non-hydrogen) atoms. The number of hydrogen-bond acceptors (Lipinski definition) is 1. The summed E-state index contributed by atoms with van der Waals surface area (Å²) in [6.45, 7) is 0. The fourth-order valence-electron chi connectivity index (χ4n) is 8.72. The van der Waals surface area contributed by atoms with Crippen LogP contribution in [0.25, 0.3) is 77.2 Å². The van der Waals surface area contributed by atoms with E-state index in [2.05, 4.69) is 238 Å². The first-order valence-electron chi connectivity index (χ1n) is 19.5. The molecule has 0 spiro atoms. The van der Waals surface area contributed by atoms with Crippen LogP contribution in [0.4, 0.5) is 17.1 Å². The summed E-state index contributed by atoms with van der Waals surface area (Å²) in [6.07, 6.45) is 0. The van der Waals surface area contributed by atoms with Crippen molar-refractivity contribution < 1.29 is 0 Å². The largest absolute Gasteiger partial charge is 0.310 e. The summed E-state index contributed by atoms with van der Waals surface area (Å²) in [7, 11) is 0. The van der Waals surface area contributed by atoms with Crippen LogP contribution in [0.1, 0.15) is 0 Å². The molecule has 0 aliphatic carbocycles. The Bertz CT molecular complexity index is 3220. The van der Waals surface area contributed by atoms with Gasteiger partial charge in [0.15, 0.2) is 0 Å². The molecule has 11 aromatic rings. The minimum atomic E-state index is 1.08. The van der Waals surface area contributed by atoms with E-state index in [1.807, 2.05) is 0 Å². The quantitative estimate of drug-likeness (QED) is 0.159. The lowest BCUT2D eigenvalue weighted by Gasteiger charge is -2.29. The van der Waals surface area contributed by atoms with E-state index in [0.29, 0.717) is 0 Å². The molecule has 0 unspecified atom stereocenters. The standard InChI is InChI=1S/C54H37N3/c1-5-17-38(18-6-1)39-29-32-45(40-30-33-48-46-25-13-15-27-50(46)56(53(48)36-40)42-21-9-3-10-22-42)52(35-39)55(41-19-7-2-8-20-41)44-31-34-49-47-26-14-16-28-51(47)57(54(49)37-44)43-23-11-4-12-24-43/h1-37H. The zero-order valence-corrected chi connectivity index (χ0v) is 31.2. The Morgan fingerprint density at radius 1 is 0.281 bits per heavy atom. The molecular formula is C54H37N3. The first kappa shape index (κ1) is 32.8. The van der Waals surface area contributed by atoms with Crippen molar-refractivity contribution in [3.05, 3.63) is 224 Å². The van der Waals surface area contributed by atoms with E-state index in [4.69, 9.17) is 0 Å². The van der Waals surface area contributed by atoms with E-state index in [0.717, 1.165) is 50.6 Å². The lowest BCUT2D eigenvalue weighted by atomic mass is 9.96. The maximum absolute atomic E-state index is 2.44. The van der Waals surface area contributed by atoms with E-state index in [1.54, 1.807) is 0 Å². The van der Waals surface area contributed by atoms with Crippen LogP contribution in [0.2, 0.25) is 0 Å². The number of para-hydroxylation sites is 5. The van der Waals surface area contributed by atoms with Crippen molar-refractivity contribution in [2.75, 3.05) is 4.90 Å². The zero-order valence-electron chi connectivity index (χ0n) is 31.2. The van der Waals surface area contributed by atoms with E-state index in [9.17, 15) is 0 Å². The fourth-order valence-corrected chi connectivity index (χ4v) is 8.72. The van der Waals surface area contributed by atoms with Crippen molar-refractivity contribution >= 4 is 60.7 Å². The average Bonchev–Trinajstić information content (AvgIpc) is 3.80. The Balaban J connectivity index is 1.19. The molecule has 0 N–H and O–H groups in total. The third-order valence-corrected chi connectivity index (χ3v) is 11.3. The monoisotopic (exact) mass is 727 g/mol. The SMILES string of the molecule is c1ccc(-c2ccc(-c3ccc4c5ccccc5n(-c5ccccc5)c4c3)c(N(c3ccccc3)c3ccc4c5ccccc5n(-c5ccccc5)c4c3)c2)cc1. The highest BCUT2D eigenvalue weighted by atomic mass is 15.1. The number of nitrogens with zero attached hydrogens (tertiary/aromatic N) is 3. The van der Waals surface area contributed by atoms with Crippen LogP contribution in [0.3, 0.4) is 0 Å². The zero-order chi connectivity index (χ0) is 37.7. The summed E-state index contributed by atoms with van der Waals surface area (Å²) in [6, 6.07) is 81.2. The molecule has 0 saturated heterocycles. The lowest BCUT2D eigenvalue weighted by Crippen LogP contribution is -2.11. The Hall–Kier alpha value is -7.62. The third-order valence-electron chi connectivity index (χ3n) is 11.3. The van der Waals surface area contributed by atoms with Crippen molar-refractivity contribution in [1.82, 2.24) is 9.13 Å². The van der Waals surface area contributed by atoms with Crippen LogP contribution < -0.4 is 4.90 Å². The maximum atomic E-state index is 2.44. The topological polar surface area (TPSA) is 13.1 Å². The minimum Gasteiger partial charge on any atom is -0.310 e. The highest BCUT2D eigenvalue weighted by molar-refractivity contribution is 6.12. The number of rotatable bonds is 7. The molecule has 0 radical (unpaired) electrons. The molecule has 3 heteroatoms. The Kier molecular flexibility index (Phi) is 7.82. The van der Waals surface area contributed by atoms with Gasteiger partial charge in [0.05, 0.1) is 27.8 Å². The van der Waals surface area contributed by atoms with E-state index in [-0.39, 0.29) is 0 Å². The number of fused-ring (bicyclic) bond motifs is 6. The number of anilines is 3. The Morgan fingerprint density at radius 2 is 0.754 bits per heavy atom. The van der Waals surface area contributed by atoms with Crippen molar-refractivity contribution in [1.29, 1.82) is 0 Å². The molecule has 268 valence electrons. The molecule has 0 amide bonds. The van der Waals surface area contributed by atoms with Gasteiger partial charge in [-0.15, -0.1) is 0 Å². The molecule has 3 nitrogen and oxygen atoms in total. The predicted octanol–water partition coefficient (Wildman–Crippen LogP) is 14.7. The molecule has 2 heterocycles. The van der Waals surface area contributed by atoms with Crippen LogP contribution in [-0.4, -0.2) is 9.13 Å². The van der Waals surface area contributed by atoms with Gasteiger partial charge in [0.1, 0.15) is 0 Å². The number of benzene rings is 9. The van der Waals surface area contributed by atoms with Gasteiger partial charge in [-0.2, -0.15) is 0 Å². The summed E-state index contributed by atoms with van der Waals surface area (Å²) < 4.78 is 4.80. The van der Waals surface area contributed by atoms with Gasteiger partial charge in [0, 0.05) is 49.9 Å². The molecule has 9 aromatic carbocycles. The van der Waals surface area contributed by atoms with Gasteiger partial charge in [-0.05, 0) is 89.5 Å². The average molecular weight is 728 g/mol. The third kappa shape index (κ3) is 5.51. The summed E-state index contributed by atoms with van der Waals surface area (Å²) in [4.78, 5) is 2.44. The van der Waals surface area contributed by atoms with E-state index in [1.165, 1.54) is 43.7 Å². The highest BCUT2D eigenvalue weighted by Gasteiger charge is 2.22. The number of hydrogen-bond donors (Lipinski definition) is 0. The summed E-state index contributed by atoms with van der Waals surface area (Å²) in [5.74, 6) is 0. The van der Waals surface area contributed by atoms with Gasteiger partial charge in [0.25, 0.3) is 0 Å². The van der Waals surface area contributed by atoms with E-state index >= 15 is 0 Å². The van der Waals surface area contributed by atoms with Gasteiger partial charge < -0.3 is 14.0 Å². The second-order valence-corrected chi connectivity index (χ2v) is 14.6. The van der Waals surface area contributed by atoms with Gasteiger partial charge in [-0.3, -0.25) is 0 Å². The van der Waals surface area contributed by atoms with Gasteiger partial charge in [-0.25, -0.2) is 0 Å². The molecule has 0 aliphatic rings. The summed E-state index contributed by atoms with van der Waals surface area (Å²) >= 11 is 0. The molecule has 2 aromatic heterocycles. The summed E-state index contributed by atoms with van der Waals surface area (Å²) in [5, 5.41) is 4.95. The second kappa shape index (κ2) is 13.6. The van der Waals surface area contributed by atoms with Crippen LogP contribution in [0, 0.1) is 0 Å². The minimum absolute atomic E-state index is 1.08. The predicted molar refractivity (Wildman–Crippen MR) is 241 cm³/mol. The first-order chi connectivity index (χ1) is 28.3. The molecule has 0 aliphatic heterocycles. The van der Waals surface area contributed by atoms with Crippen molar-refractivity contribution in [2.24, 2.45) is 0 Å². The van der Waals surface area contributed by atoms with Crippen LogP contribution in [-0.2, 0) is 0 Å². The first-order valence-corrected chi connectivity index (χ1v) is 19.5. The smallest absolute Gasteiger partial charge is 0.0561 e. The van der Waals surface area contributed by atoms with Crippen LogP contribution in [0.15, 0.2) is 224 Å². The van der Waals surface area contributed by atoms with Crippen molar-refractivity contribution in [3.63, 3.8) is 0 Å². The van der Waals surface area contributed by atoms with Gasteiger partial charge in [-0.1, -0.05) is 152 Å². The molecular weight excluding hydrogens is 691 g/mol.